The number of carboxylic acids is 1. The number of carboxylic acid groups (broad SMARTS) is 1. The molecular weight excluding hydrogens is 167 g/mol. The molecule has 58 valence electrons. The Morgan fingerprint density at radius 3 is 2.27 bits per heavy atom. The Bertz CT molecular complexity index is 119. The fourth-order valence-electron chi connectivity index (χ4n) is 1.63. The average molecular weight is 180 g/mol. The SMILES string of the molecule is O=C([O-])CC1CCCCC1.[K+]. The van der Waals surface area contributed by atoms with Crippen LogP contribution >= 0.6 is 0 Å². The van der Waals surface area contributed by atoms with Gasteiger partial charge in [0.25, 0.3) is 0 Å². The first-order chi connectivity index (χ1) is 4.79. The number of hydrogen-bond donors (Lipinski definition) is 0. The van der Waals surface area contributed by atoms with Gasteiger partial charge in [-0.25, -0.2) is 0 Å². The Labute approximate surface area is 110 Å². The summed E-state index contributed by atoms with van der Waals surface area (Å²) in [5, 5.41) is 10.2. The summed E-state index contributed by atoms with van der Waals surface area (Å²) in [7, 11) is 0. The van der Waals surface area contributed by atoms with Gasteiger partial charge >= 0.3 is 51.4 Å². The normalized spacial score (nSPS) is 18.9. The van der Waals surface area contributed by atoms with Crippen LogP contribution in [0.5, 0.6) is 0 Å². The third-order valence-electron chi connectivity index (χ3n) is 2.18. The summed E-state index contributed by atoms with van der Waals surface area (Å²) < 4.78 is 0. The van der Waals surface area contributed by atoms with Gasteiger partial charge in [-0.2, -0.15) is 0 Å². The number of hydrogen-bond acceptors (Lipinski definition) is 2. The van der Waals surface area contributed by atoms with Crippen LogP contribution in [0.15, 0.2) is 0 Å². The van der Waals surface area contributed by atoms with Crippen molar-refractivity contribution in [3.05, 3.63) is 0 Å². The fourth-order valence-corrected chi connectivity index (χ4v) is 1.63. The Kier molecular flexibility index (Phi) is 7.27. The molecule has 0 saturated heterocycles. The molecule has 0 atom stereocenters. The topological polar surface area (TPSA) is 40.1 Å². The molecule has 0 radical (unpaired) electrons. The average Bonchev–Trinajstić information content (AvgIpc) is 1.88. The van der Waals surface area contributed by atoms with Gasteiger partial charge in [0.2, 0.25) is 0 Å². The van der Waals surface area contributed by atoms with Crippen molar-refractivity contribution in [2.24, 2.45) is 5.92 Å². The summed E-state index contributed by atoms with van der Waals surface area (Å²) in [6.45, 7) is 0. The summed E-state index contributed by atoms with van der Waals surface area (Å²) in [5.74, 6) is -0.467. The maximum absolute atomic E-state index is 10.2. The number of aliphatic carboxylic acids is 1. The fraction of sp³-hybridized carbons (Fsp3) is 0.875. The zero-order valence-corrected chi connectivity index (χ0v) is 10.3. The van der Waals surface area contributed by atoms with E-state index in [0.29, 0.717) is 5.92 Å². The van der Waals surface area contributed by atoms with Crippen LogP contribution < -0.4 is 56.5 Å². The van der Waals surface area contributed by atoms with E-state index in [1.54, 1.807) is 0 Å². The van der Waals surface area contributed by atoms with Crippen molar-refractivity contribution in [1.29, 1.82) is 0 Å². The van der Waals surface area contributed by atoms with Crippen LogP contribution in [0.25, 0.3) is 0 Å². The van der Waals surface area contributed by atoms with Crippen LogP contribution in [-0.2, 0) is 4.79 Å². The van der Waals surface area contributed by atoms with Crippen LogP contribution in [-0.4, -0.2) is 5.97 Å². The standard InChI is InChI=1S/C8H14O2.K/c9-8(10)6-7-4-2-1-3-5-7;/h7H,1-6H2,(H,9,10);/q;+1/p-1. The van der Waals surface area contributed by atoms with Gasteiger partial charge in [0.15, 0.2) is 0 Å². The molecule has 11 heavy (non-hydrogen) atoms. The minimum atomic E-state index is -0.882. The molecule has 2 nitrogen and oxygen atoms in total. The third-order valence-corrected chi connectivity index (χ3v) is 2.18. The second kappa shape index (κ2) is 6.60. The van der Waals surface area contributed by atoms with Crippen molar-refractivity contribution >= 4 is 5.97 Å². The number of carbonyl (C=O) groups excluding carboxylic acids is 1. The van der Waals surface area contributed by atoms with Crippen molar-refractivity contribution in [2.45, 2.75) is 38.5 Å². The number of rotatable bonds is 2. The summed E-state index contributed by atoms with van der Waals surface area (Å²) >= 11 is 0. The molecule has 0 N–H and O–H groups in total. The molecule has 0 unspecified atom stereocenters. The Balaban J connectivity index is 0.000001000. The zero-order valence-electron chi connectivity index (χ0n) is 7.14. The molecule has 0 amide bonds. The maximum atomic E-state index is 10.2. The third kappa shape index (κ3) is 5.36. The van der Waals surface area contributed by atoms with E-state index < -0.39 is 5.97 Å². The Hall–Kier alpha value is 1.11. The predicted molar refractivity (Wildman–Crippen MR) is 36.2 cm³/mol. The molecule has 0 heterocycles. The second-order valence-electron chi connectivity index (χ2n) is 3.08. The smallest absolute Gasteiger partial charge is 0.550 e. The van der Waals surface area contributed by atoms with E-state index in [4.69, 9.17) is 0 Å². The molecule has 1 aliphatic carbocycles. The van der Waals surface area contributed by atoms with Crippen molar-refractivity contribution in [3.63, 3.8) is 0 Å². The molecule has 3 heteroatoms. The van der Waals surface area contributed by atoms with E-state index in [-0.39, 0.29) is 57.8 Å². The van der Waals surface area contributed by atoms with Crippen LogP contribution in [0, 0.1) is 5.92 Å². The Morgan fingerprint density at radius 2 is 1.82 bits per heavy atom. The molecule has 0 aromatic rings. The monoisotopic (exact) mass is 180 g/mol. The summed E-state index contributed by atoms with van der Waals surface area (Å²) in [5.41, 5.74) is 0. The van der Waals surface area contributed by atoms with E-state index in [1.807, 2.05) is 0 Å². The predicted octanol–water partition coefficient (Wildman–Crippen LogP) is -2.29. The molecule has 0 bridgehead atoms. The zero-order chi connectivity index (χ0) is 7.40. The van der Waals surface area contributed by atoms with Gasteiger partial charge in [0, 0.05) is 5.97 Å². The summed E-state index contributed by atoms with van der Waals surface area (Å²) in [6, 6.07) is 0. The van der Waals surface area contributed by atoms with E-state index in [1.165, 1.54) is 19.3 Å². The molecular formula is C8H13KO2. The molecule has 1 aliphatic rings. The first kappa shape index (κ1) is 12.1. The minimum Gasteiger partial charge on any atom is -0.550 e. The van der Waals surface area contributed by atoms with Gasteiger partial charge in [-0.3, -0.25) is 0 Å². The van der Waals surface area contributed by atoms with Crippen LogP contribution in [0.2, 0.25) is 0 Å². The largest absolute Gasteiger partial charge is 1.00 e. The van der Waals surface area contributed by atoms with Gasteiger partial charge in [-0.05, 0) is 12.3 Å². The quantitative estimate of drug-likeness (QED) is 0.449. The van der Waals surface area contributed by atoms with Crippen LogP contribution in [0.4, 0.5) is 0 Å². The van der Waals surface area contributed by atoms with E-state index in [2.05, 4.69) is 0 Å². The van der Waals surface area contributed by atoms with Gasteiger partial charge < -0.3 is 9.90 Å². The molecule has 1 saturated carbocycles. The summed E-state index contributed by atoms with van der Waals surface area (Å²) in [6.07, 6.45) is 6.15. The first-order valence-electron chi connectivity index (χ1n) is 3.99. The molecule has 0 aromatic heterocycles. The van der Waals surface area contributed by atoms with Crippen molar-refractivity contribution < 1.29 is 61.3 Å². The van der Waals surface area contributed by atoms with E-state index in [9.17, 15) is 9.90 Å². The van der Waals surface area contributed by atoms with Crippen molar-refractivity contribution in [1.82, 2.24) is 0 Å². The van der Waals surface area contributed by atoms with E-state index in [0.717, 1.165) is 12.8 Å². The van der Waals surface area contributed by atoms with Crippen molar-refractivity contribution in [2.75, 3.05) is 0 Å². The maximum Gasteiger partial charge on any atom is 1.00 e. The molecule has 1 fully saturated rings. The molecule has 1 rings (SSSR count). The molecule has 0 spiro atoms. The van der Waals surface area contributed by atoms with Gasteiger partial charge in [-0.15, -0.1) is 0 Å². The van der Waals surface area contributed by atoms with Gasteiger partial charge in [0.1, 0.15) is 0 Å². The second-order valence-corrected chi connectivity index (χ2v) is 3.08. The minimum absolute atomic E-state index is 0. The Morgan fingerprint density at radius 1 is 1.27 bits per heavy atom. The first-order valence-corrected chi connectivity index (χ1v) is 3.99. The van der Waals surface area contributed by atoms with Gasteiger partial charge in [-0.1, -0.05) is 32.1 Å². The summed E-state index contributed by atoms with van der Waals surface area (Å²) in [4.78, 5) is 10.2. The van der Waals surface area contributed by atoms with Crippen LogP contribution in [0.3, 0.4) is 0 Å². The van der Waals surface area contributed by atoms with Crippen molar-refractivity contribution in [3.8, 4) is 0 Å². The van der Waals surface area contributed by atoms with Gasteiger partial charge in [0.05, 0.1) is 0 Å². The van der Waals surface area contributed by atoms with E-state index >= 15 is 0 Å². The molecule has 0 aliphatic heterocycles. The molecule has 0 aromatic carbocycles. The van der Waals surface area contributed by atoms with Crippen LogP contribution in [0.1, 0.15) is 38.5 Å². The number of carbonyl (C=O) groups is 1.